The lowest BCUT2D eigenvalue weighted by molar-refractivity contribution is -0.169. The van der Waals surface area contributed by atoms with Crippen LogP contribution in [-0.4, -0.2) is 50.0 Å². The van der Waals surface area contributed by atoms with E-state index in [1.165, 1.54) is 0 Å². The van der Waals surface area contributed by atoms with Crippen LogP contribution in [0.5, 0.6) is 0 Å². The van der Waals surface area contributed by atoms with Gasteiger partial charge in [0.05, 0.1) is 5.92 Å². The third-order valence-corrected chi connectivity index (χ3v) is 2.99. The number of nitrogens with zero attached hydrogens (tertiary/aromatic N) is 1. The molecule has 0 aromatic heterocycles. The minimum absolute atomic E-state index is 0.0156. The van der Waals surface area contributed by atoms with Crippen molar-refractivity contribution in [1.29, 1.82) is 0 Å². The summed E-state index contributed by atoms with van der Waals surface area (Å²) in [4.78, 5) is 2.06. The van der Waals surface area contributed by atoms with Crippen LogP contribution in [0.2, 0.25) is 0 Å². The van der Waals surface area contributed by atoms with Gasteiger partial charge in [0.15, 0.2) is 0 Å². The Balaban J connectivity index is 2.30. The topological polar surface area (TPSA) is 15.3 Å². The van der Waals surface area contributed by atoms with Gasteiger partial charge < -0.3 is 10.2 Å². The van der Waals surface area contributed by atoms with Crippen molar-refractivity contribution in [2.75, 3.05) is 32.8 Å². The summed E-state index contributed by atoms with van der Waals surface area (Å²) in [6, 6.07) is -0.0156. The smallest absolute Gasteiger partial charge is 0.312 e. The summed E-state index contributed by atoms with van der Waals surface area (Å²) in [6.07, 6.45) is -2.88. The molecule has 0 aromatic rings. The summed E-state index contributed by atoms with van der Waals surface area (Å²) in [5.74, 6) is -1.16. The molecule has 1 rings (SSSR count). The summed E-state index contributed by atoms with van der Waals surface area (Å²) in [6.45, 7) is 1.67. The average Bonchev–Trinajstić information content (AvgIpc) is 2.52. The van der Waals surface area contributed by atoms with Gasteiger partial charge in [0.2, 0.25) is 0 Å². The Labute approximate surface area is 90.8 Å². The van der Waals surface area contributed by atoms with Gasteiger partial charge in [-0.15, -0.1) is 9.24 Å². The lowest BCUT2D eigenvalue weighted by Gasteiger charge is -2.20. The Bertz CT molecular complexity index is 198. The molecule has 0 saturated carbocycles. The summed E-state index contributed by atoms with van der Waals surface area (Å²) in [5, 5.41) is 2.93. The quantitative estimate of drug-likeness (QED) is 0.748. The van der Waals surface area contributed by atoms with Crippen molar-refractivity contribution in [2.45, 2.75) is 18.6 Å². The molecule has 1 aliphatic heterocycles. The Morgan fingerprint density at radius 1 is 1.47 bits per heavy atom. The standard InChI is InChI=1S/C9H18F3N2P/c1-14(2-3-15)6-8-4-7(5-13-8)9(10,11)12/h7-8,13H,2-6,15H2,1H3. The largest absolute Gasteiger partial charge is 0.393 e. The van der Waals surface area contributed by atoms with E-state index < -0.39 is 12.1 Å². The molecule has 0 radical (unpaired) electrons. The molecule has 0 spiro atoms. The fraction of sp³-hybridized carbons (Fsp3) is 1.00. The maximum Gasteiger partial charge on any atom is 0.393 e. The fourth-order valence-electron chi connectivity index (χ4n) is 1.90. The molecule has 6 heteroatoms. The van der Waals surface area contributed by atoms with Gasteiger partial charge in [-0.05, 0) is 19.6 Å². The van der Waals surface area contributed by atoms with E-state index in [1.807, 2.05) is 7.05 Å². The van der Waals surface area contributed by atoms with Crippen LogP contribution in [0.3, 0.4) is 0 Å². The summed E-state index contributed by atoms with van der Waals surface area (Å²) >= 11 is 0. The summed E-state index contributed by atoms with van der Waals surface area (Å²) < 4.78 is 37.1. The number of likely N-dealkylation sites (N-methyl/N-ethyl adjacent to an activating group) is 1. The van der Waals surface area contributed by atoms with Crippen LogP contribution in [0.1, 0.15) is 6.42 Å². The number of rotatable bonds is 4. The number of halogens is 3. The normalized spacial score (nSPS) is 27.6. The van der Waals surface area contributed by atoms with Gasteiger partial charge in [-0.25, -0.2) is 0 Å². The van der Waals surface area contributed by atoms with Gasteiger partial charge in [0.25, 0.3) is 0 Å². The highest BCUT2D eigenvalue weighted by molar-refractivity contribution is 7.16. The van der Waals surface area contributed by atoms with Crippen molar-refractivity contribution in [3.05, 3.63) is 0 Å². The zero-order valence-electron chi connectivity index (χ0n) is 8.85. The highest BCUT2D eigenvalue weighted by atomic mass is 31.0. The molecule has 3 unspecified atom stereocenters. The third-order valence-electron chi connectivity index (χ3n) is 2.73. The third kappa shape index (κ3) is 4.25. The van der Waals surface area contributed by atoms with Crippen LogP contribution in [0.25, 0.3) is 0 Å². The highest BCUT2D eigenvalue weighted by Crippen LogP contribution is 2.32. The first-order valence-electron chi connectivity index (χ1n) is 5.12. The van der Waals surface area contributed by atoms with Crippen LogP contribution in [0, 0.1) is 5.92 Å². The molecule has 1 N–H and O–H groups in total. The molecule has 1 heterocycles. The monoisotopic (exact) mass is 242 g/mol. The SMILES string of the molecule is CN(CCP)CC1CC(C(F)(F)F)CN1. The van der Waals surface area contributed by atoms with Crippen LogP contribution in [0.15, 0.2) is 0 Å². The predicted octanol–water partition coefficient (Wildman–Crippen LogP) is 1.33. The molecule has 3 atom stereocenters. The van der Waals surface area contributed by atoms with Crippen molar-refractivity contribution in [3.8, 4) is 0 Å². The van der Waals surface area contributed by atoms with E-state index in [4.69, 9.17) is 0 Å². The van der Waals surface area contributed by atoms with Gasteiger partial charge in [-0.1, -0.05) is 0 Å². The lowest BCUT2D eigenvalue weighted by Crippen LogP contribution is -2.36. The van der Waals surface area contributed by atoms with E-state index in [2.05, 4.69) is 19.5 Å². The molecular weight excluding hydrogens is 224 g/mol. The average molecular weight is 242 g/mol. The zero-order valence-corrected chi connectivity index (χ0v) is 10.0. The number of nitrogens with one attached hydrogen (secondary N) is 1. The van der Waals surface area contributed by atoms with E-state index in [0.717, 1.165) is 12.7 Å². The molecule has 0 bridgehead atoms. The fourth-order valence-corrected chi connectivity index (χ4v) is 2.34. The van der Waals surface area contributed by atoms with E-state index in [1.54, 1.807) is 0 Å². The number of hydrogen-bond acceptors (Lipinski definition) is 2. The maximum absolute atomic E-state index is 12.4. The summed E-state index contributed by atoms with van der Waals surface area (Å²) in [5.41, 5.74) is 0. The Kier molecular flexibility index (Phi) is 4.81. The molecule has 90 valence electrons. The first-order chi connectivity index (χ1) is 6.93. The van der Waals surface area contributed by atoms with E-state index in [9.17, 15) is 13.2 Å². The van der Waals surface area contributed by atoms with Gasteiger partial charge in [0.1, 0.15) is 0 Å². The molecule has 1 fully saturated rings. The van der Waals surface area contributed by atoms with Crippen molar-refractivity contribution in [3.63, 3.8) is 0 Å². The molecule has 15 heavy (non-hydrogen) atoms. The first-order valence-corrected chi connectivity index (χ1v) is 5.94. The van der Waals surface area contributed by atoms with Crippen molar-refractivity contribution in [1.82, 2.24) is 10.2 Å². The Morgan fingerprint density at radius 2 is 2.13 bits per heavy atom. The van der Waals surface area contributed by atoms with E-state index >= 15 is 0 Å². The van der Waals surface area contributed by atoms with Gasteiger partial charge in [-0.2, -0.15) is 13.2 Å². The molecule has 1 saturated heterocycles. The van der Waals surface area contributed by atoms with Crippen molar-refractivity contribution >= 4 is 9.24 Å². The first kappa shape index (κ1) is 13.2. The van der Waals surface area contributed by atoms with Crippen LogP contribution in [0.4, 0.5) is 13.2 Å². The molecule has 2 nitrogen and oxygen atoms in total. The van der Waals surface area contributed by atoms with Crippen molar-refractivity contribution < 1.29 is 13.2 Å². The second-order valence-corrected chi connectivity index (χ2v) is 4.71. The van der Waals surface area contributed by atoms with Crippen molar-refractivity contribution in [2.24, 2.45) is 5.92 Å². The maximum atomic E-state index is 12.4. The second kappa shape index (κ2) is 5.46. The molecule has 0 aromatic carbocycles. The van der Waals surface area contributed by atoms with E-state index in [0.29, 0.717) is 6.54 Å². The van der Waals surface area contributed by atoms with E-state index in [-0.39, 0.29) is 19.0 Å². The van der Waals surface area contributed by atoms with Crippen LogP contribution in [-0.2, 0) is 0 Å². The number of hydrogen-bond donors (Lipinski definition) is 1. The predicted molar refractivity (Wildman–Crippen MR) is 58.0 cm³/mol. The van der Waals surface area contributed by atoms with Gasteiger partial charge >= 0.3 is 6.18 Å². The van der Waals surface area contributed by atoms with Crippen LogP contribution >= 0.6 is 9.24 Å². The number of alkyl halides is 3. The van der Waals surface area contributed by atoms with Gasteiger partial charge in [-0.3, -0.25) is 0 Å². The molecular formula is C9H18F3N2P. The highest BCUT2D eigenvalue weighted by Gasteiger charge is 2.43. The zero-order chi connectivity index (χ0) is 11.5. The molecule has 1 aliphatic rings. The molecule has 0 amide bonds. The molecule has 0 aliphatic carbocycles. The second-order valence-electron chi connectivity index (χ2n) is 4.13. The van der Waals surface area contributed by atoms with Gasteiger partial charge in [0, 0.05) is 25.7 Å². The van der Waals surface area contributed by atoms with Crippen LogP contribution < -0.4 is 5.32 Å². The minimum atomic E-state index is -4.04. The summed E-state index contributed by atoms with van der Waals surface area (Å²) in [7, 11) is 4.55. The Hall–Kier alpha value is 0.140. The lowest BCUT2D eigenvalue weighted by atomic mass is 10.1. The Morgan fingerprint density at radius 3 is 2.60 bits per heavy atom. The minimum Gasteiger partial charge on any atom is -0.312 e.